The molecule has 0 aromatic heterocycles. The van der Waals surface area contributed by atoms with Gasteiger partial charge in [-0.3, -0.25) is 0 Å². The van der Waals surface area contributed by atoms with E-state index in [0.717, 1.165) is 21.7 Å². The second-order valence-electron chi connectivity index (χ2n) is 7.88. The molecule has 26 heavy (non-hydrogen) atoms. The number of hydrogen-bond acceptors (Lipinski definition) is 2. The number of fused-ring (bicyclic) bond motifs is 2. The molecule has 1 N–H and O–H groups in total. The third-order valence-corrected chi connectivity index (χ3v) is 6.64. The highest BCUT2D eigenvalue weighted by molar-refractivity contribution is 6.31. The van der Waals surface area contributed by atoms with Gasteiger partial charge in [-0.05, 0) is 74.5 Å². The smallest absolute Gasteiger partial charge is 0.123 e. The van der Waals surface area contributed by atoms with Crippen LogP contribution in [0.25, 0.3) is 0 Å². The third-order valence-electron chi connectivity index (χ3n) is 6.23. The molecule has 0 radical (unpaired) electrons. The summed E-state index contributed by atoms with van der Waals surface area (Å²) in [7, 11) is 2.26. The molecule has 2 saturated heterocycles. The van der Waals surface area contributed by atoms with E-state index in [1.54, 1.807) is 0 Å². The molecular weight excluding hydrogens is 347 g/mol. The van der Waals surface area contributed by atoms with Crippen LogP contribution in [0.3, 0.4) is 0 Å². The Kier molecular flexibility index (Phi) is 5.05. The van der Waals surface area contributed by atoms with Crippen molar-refractivity contribution in [2.75, 3.05) is 7.05 Å². The summed E-state index contributed by atoms with van der Waals surface area (Å²) < 4.78 is 13.4. The van der Waals surface area contributed by atoms with Crippen LogP contribution in [0.2, 0.25) is 5.02 Å². The fourth-order valence-corrected chi connectivity index (χ4v) is 4.80. The van der Waals surface area contributed by atoms with Crippen molar-refractivity contribution in [3.05, 3.63) is 70.0 Å². The summed E-state index contributed by atoms with van der Waals surface area (Å²) in [6.07, 6.45) is 4.95. The first kappa shape index (κ1) is 18.0. The summed E-state index contributed by atoms with van der Waals surface area (Å²) in [6, 6.07) is 14.9. The number of nitrogens with one attached hydrogen (secondary N) is 1. The van der Waals surface area contributed by atoms with Gasteiger partial charge in [0, 0.05) is 23.1 Å². The van der Waals surface area contributed by atoms with Crippen LogP contribution in [0.4, 0.5) is 4.39 Å². The Labute approximate surface area is 160 Å². The quantitative estimate of drug-likeness (QED) is 0.803. The number of nitrogens with zero attached hydrogens (tertiary/aromatic N) is 1. The van der Waals surface area contributed by atoms with Gasteiger partial charge in [0.2, 0.25) is 0 Å². The number of piperidine rings is 1. The zero-order chi connectivity index (χ0) is 18.3. The van der Waals surface area contributed by atoms with Crippen molar-refractivity contribution in [1.82, 2.24) is 10.2 Å². The van der Waals surface area contributed by atoms with E-state index < -0.39 is 0 Å². The maximum absolute atomic E-state index is 13.4. The summed E-state index contributed by atoms with van der Waals surface area (Å²) in [4.78, 5) is 2.55. The normalized spacial score (nSPS) is 26.8. The molecule has 3 atom stereocenters. The zero-order valence-corrected chi connectivity index (χ0v) is 16.1. The summed E-state index contributed by atoms with van der Waals surface area (Å²) in [6.45, 7) is 2.01. The van der Waals surface area contributed by atoms with Crippen molar-refractivity contribution in [2.24, 2.45) is 0 Å². The topological polar surface area (TPSA) is 15.3 Å². The van der Waals surface area contributed by atoms with E-state index in [1.807, 2.05) is 25.1 Å². The van der Waals surface area contributed by atoms with Gasteiger partial charge in [-0.25, -0.2) is 4.39 Å². The molecular formula is C22H26ClFN2. The Bertz CT molecular complexity index is 762. The van der Waals surface area contributed by atoms with Gasteiger partial charge in [0.1, 0.15) is 5.82 Å². The molecule has 2 aromatic rings. The molecule has 3 unspecified atom stereocenters. The lowest BCUT2D eigenvalue weighted by Gasteiger charge is -2.38. The molecule has 0 saturated carbocycles. The van der Waals surface area contributed by atoms with Gasteiger partial charge in [-0.15, -0.1) is 0 Å². The number of aryl methyl sites for hydroxylation is 1. The number of hydrogen-bond donors (Lipinski definition) is 1. The van der Waals surface area contributed by atoms with E-state index >= 15 is 0 Å². The fourth-order valence-electron chi connectivity index (χ4n) is 4.61. The molecule has 2 aromatic carbocycles. The molecule has 2 nitrogen and oxygen atoms in total. The van der Waals surface area contributed by atoms with Gasteiger partial charge >= 0.3 is 0 Å². The average Bonchev–Trinajstić information content (AvgIpc) is 2.83. The number of benzene rings is 2. The van der Waals surface area contributed by atoms with Crippen molar-refractivity contribution >= 4 is 11.6 Å². The highest BCUT2D eigenvalue weighted by Crippen LogP contribution is 2.36. The molecule has 0 aliphatic carbocycles. The highest BCUT2D eigenvalue weighted by atomic mass is 35.5. The van der Waals surface area contributed by atoms with Gasteiger partial charge in [0.25, 0.3) is 0 Å². The molecule has 4 rings (SSSR count). The molecule has 2 aliphatic heterocycles. The van der Waals surface area contributed by atoms with Crippen molar-refractivity contribution in [1.29, 1.82) is 0 Å². The van der Waals surface area contributed by atoms with Crippen LogP contribution in [-0.2, 0) is 0 Å². The third kappa shape index (κ3) is 3.53. The molecule has 138 valence electrons. The molecule has 2 fully saturated rings. The maximum Gasteiger partial charge on any atom is 0.123 e. The SMILES string of the molecule is Cc1ccc(C(NC2CC3CCC(C2)N3C)c2ccc(F)cc2)cc1Cl. The van der Waals surface area contributed by atoms with Crippen LogP contribution >= 0.6 is 11.6 Å². The van der Waals surface area contributed by atoms with E-state index in [2.05, 4.69) is 29.4 Å². The Hall–Kier alpha value is -1.42. The highest BCUT2D eigenvalue weighted by Gasteiger charge is 2.39. The molecule has 2 bridgehead atoms. The largest absolute Gasteiger partial charge is 0.303 e. The van der Waals surface area contributed by atoms with Gasteiger partial charge in [-0.1, -0.05) is 35.9 Å². The summed E-state index contributed by atoms with van der Waals surface area (Å²) in [5.41, 5.74) is 3.29. The van der Waals surface area contributed by atoms with Gasteiger partial charge in [0.15, 0.2) is 0 Å². The second-order valence-corrected chi connectivity index (χ2v) is 8.29. The lowest BCUT2D eigenvalue weighted by molar-refractivity contribution is 0.145. The minimum Gasteiger partial charge on any atom is -0.303 e. The predicted molar refractivity (Wildman–Crippen MR) is 105 cm³/mol. The van der Waals surface area contributed by atoms with E-state index in [1.165, 1.54) is 37.8 Å². The van der Waals surface area contributed by atoms with Crippen LogP contribution in [0, 0.1) is 12.7 Å². The van der Waals surface area contributed by atoms with Crippen LogP contribution in [0.5, 0.6) is 0 Å². The molecule has 0 spiro atoms. The van der Waals surface area contributed by atoms with Crippen molar-refractivity contribution in [2.45, 2.75) is 56.8 Å². The first-order chi connectivity index (χ1) is 12.5. The second kappa shape index (κ2) is 7.30. The van der Waals surface area contributed by atoms with E-state index in [-0.39, 0.29) is 11.9 Å². The van der Waals surface area contributed by atoms with Crippen molar-refractivity contribution in [3.8, 4) is 0 Å². The molecule has 0 amide bonds. The van der Waals surface area contributed by atoms with Gasteiger partial charge in [0.05, 0.1) is 6.04 Å². The average molecular weight is 373 g/mol. The van der Waals surface area contributed by atoms with E-state index in [4.69, 9.17) is 11.6 Å². The first-order valence-electron chi connectivity index (χ1n) is 9.51. The standard InChI is InChI=1S/C22H26ClFN2/c1-14-3-4-16(11-21(14)23)22(15-5-7-17(24)8-6-15)25-18-12-19-9-10-20(13-18)26(19)2/h3-8,11,18-20,22,25H,9-10,12-13H2,1-2H3. The first-order valence-corrected chi connectivity index (χ1v) is 9.88. The summed E-state index contributed by atoms with van der Waals surface area (Å²) in [5.74, 6) is -0.202. The molecule has 4 heteroatoms. The Morgan fingerprint density at radius 3 is 2.27 bits per heavy atom. The molecule has 2 heterocycles. The van der Waals surface area contributed by atoms with Crippen molar-refractivity contribution in [3.63, 3.8) is 0 Å². The zero-order valence-electron chi connectivity index (χ0n) is 15.4. The summed E-state index contributed by atoms with van der Waals surface area (Å²) in [5, 5.41) is 4.65. The predicted octanol–water partition coefficient (Wildman–Crippen LogP) is 5.09. The van der Waals surface area contributed by atoms with E-state index in [0.29, 0.717) is 18.1 Å². The minimum atomic E-state index is -0.202. The van der Waals surface area contributed by atoms with E-state index in [9.17, 15) is 4.39 Å². The van der Waals surface area contributed by atoms with Crippen LogP contribution in [-0.4, -0.2) is 30.1 Å². The van der Waals surface area contributed by atoms with Crippen LogP contribution < -0.4 is 5.32 Å². The monoisotopic (exact) mass is 372 g/mol. The Balaban J connectivity index is 1.62. The van der Waals surface area contributed by atoms with Gasteiger partial charge < -0.3 is 10.2 Å². The summed E-state index contributed by atoms with van der Waals surface area (Å²) >= 11 is 6.39. The fraction of sp³-hybridized carbons (Fsp3) is 0.455. The van der Waals surface area contributed by atoms with Crippen LogP contribution in [0.15, 0.2) is 42.5 Å². The maximum atomic E-state index is 13.4. The lowest BCUT2D eigenvalue weighted by Crippen LogP contribution is -2.48. The Morgan fingerprint density at radius 2 is 1.65 bits per heavy atom. The number of rotatable bonds is 4. The van der Waals surface area contributed by atoms with Crippen molar-refractivity contribution < 1.29 is 4.39 Å². The Morgan fingerprint density at radius 1 is 1.04 bits per heavy atom. The molecule has 2 aliphatic rings. The van der Waals surface area contributed by atoms with Gasteiger partial charge in [-0.2, -0.15) is 0 Å². The van der Waals surface area contributed by atoms with Crippen LogP contribution in [0.1, 0.15) is 48.4 Å². The number of halogens is 2. The lowest BCUT2D eigenvalue weighted by atomic mass is 9.92. The minimum absolute atomic E-state index is 0.0292.